The second-order valence-electron chi connectivity index (χ2n) is 15.5. The first kappa shape index (κ1) is 51.4. The molecular weight excluding hydrogens is 696 g/mol. The zero-order valence-corrected chi connectivity index (χ0v) is 35.2. The van der Waals surface area contributed by atoms with E-state index in [9.17, 15) is 25.2 Å². The van der Waals surface area contributed by atoms with Crippen molar-refractivity contribution in [3.8, 4) is 0 Å². The van der Waals surface area contributed by atoms with Crippen molar-refractivity contribution in [3.63, 3.8) is 0 Å². The number of esters is 1. The Hall–Kier alpha value is -1.59. The van der Waals surface area contributed by atoms with Gasteiger partial charge in [-0.25, -0.2) is 0 Å². The third-order valence-electron chi connectivity index (χ3n) is 10.3. The Morgan fingerprint density at radius 3 is 1.58 bits per heavy atom. The molecule has 9 nitrogen and oxygen atoms in total. The number of carbonyl (C=O) groups excluding carboxylic acids is 1. The average molecular weight is 781 g/mol. The molecule has 0 aromatic rings. The van der Waals surface area contributed by atoms with E-state index in [0.717, 1.165) is 51.4 Å². The van der Waals surface area contributed by atoms with E-state index >= 15 is 0 Å². The quantitative estimate of drug-likeness (QED) is 0.0274. The van der Waals surface area contributed by atoms with E-state index in [1.54, 1.807) is 0 Å². The molecule has 0 aliphatic carbocycles. The van der Waals surface area contributed by atoms with E-state index in [1.807, 2.05) is 0 Å². The lowest BCUT2D eigenvalue weighted by Gasteiger charge is -2.39. The van der Waals surface area contributed by atoms with Gasteiger partial charge in [0.05, 0.1) is 19.8 Å². The molecule has 1 aliphatic rings. The summed E-state index contributed by atoms with van der Waals surface area (Å²) in [6.07, 6.45) is 37.4. The maximum absolute atomic E-state index is 12.7. The molecular formula is C46H84O9. The molecule has 0 aromatic carbocycles. The van der Waals surface area contributed by atoms with Gasteiger partial charge in [-0.2, -0.15) is 0 Å². The van der Waals surface area contributed by atoms with Crippen molar-refractivity contribution in [1.82, 2.24) is 0 Å². The lowest BCUT2D eigenvalue weighted by Crippen LogP contribution is -2.59. The molecule has 1 heterocycles. The largest absolute Gasteiger partial charge is 0.457 e. The van der Waals surface area contributed by atoms with E-state index in [2.05, 4.69) is 50.3 Å². The summed E-state index contributed by atoms with van der Waals surface area (Å²) in [5, 5.41) is 40.1. The molecule has 322 valence electrons. The summed E-state index contributed by atoms with van der Waals surface area (Å²) in [7, 11) is 0. The third-order valence-corrected chi connectivity index (χ3v) is 10.3. The predicted molar refractivity (Wildman–Crippen MR) is 224 cm³/mol. The summed E-state index contributed by atoms with van der Waals surface area (Å²) in [4.78, 5) is 12.7. The summed E-state index contributed by atoms with van der Waals surface area (Å²) < 4.78 is 22.8. The standard InChI is InChI=1S/C46H84O9/c1-3-5-7-9-11-13-15-17-18-19-20-21-22-23-24-26-28-30-32-34-36-52-38-40(39-53-46-45(51)44(50)43(49)41(37-47)55-46)54-42(48)35-33-31-29-27-25-16-14-12-10-8-6-4-2/h11-14,17-18,40-41,43-47,49-51H,3-10,15-16,19-39H2,1-2H3/b13-11-,14-12-,18-17-. The fraction of sp³-hybridized carbons (Fsp3) is 0.848. The molecule has 55 heavy (non-hydrogen) atoms. The average Bonchev–Trinajstić information content (AvgIpc) is 3.18. The highest BCUT2D eigenvalue weighted by atomic mass is 16.7. The van der Waals surface area contributed by atoms with Gasteiger partial charge in [-0.3, -0.25) is 4.79 Å². The lowest BCUT2D eigenvalue weighted by molar-refractivity contribution is -0.305. The highest BCUT2D eigenvalue weighted by Gasteiger charge is 2.44. The minimum Gasteiger partial charge on any atom is -0.457 e. The molecule has 0 amide bonds. The minimum absolute atomic E-state index is 0.117. The van der Waals surface area contributed by atoms with Crippen molar-refractivity contribution in [2.45, 2.75) is 224 Å². The number of rotatable bonds is 38. The molecule has 0 saturated carbocycles. The minimum atomic E-state index is -1.54. The highest BCUT2D eigenvalue weighted by molar-refractivity contribution is 5.69. The summed E-state index contributed by atoms with van der Waals surface area (Å²) in [5.41, 5.74) is 0. The Kier molecular flexibility index (Phi) is 35.5. The van der Waals surface area contributed by atoms with Crippen molar-refractivity contribution in [3.05, 3.63) is 36.5 Å². The number of carbonyl (C=O) groups is 1. The van der Waals surface area contributed by atoms with Crippen LogP contribution in [-0.2, 0) is 23.7 Å². The Balaban J connectivity index is 2.24. The maximum atomic E-state index is 12.7. The van der Waals surface area contributed by atoms with Gasteiger partial charge >= 0.3 is 5.97 Å². The van der Waals surface area contributed by atoms with Crippen LogP contribution >= 0.6 is 0 Å². The number of hydrogen-bond acceptors (Lipinski definition) is 9. The number of aliphatic hydroxyl groups excluding tert-OH is 4. The van der Waals surface area contributed by atoms with Gasteiger partial charge in [0.15, 0.2) is 6.29 Å². The summed E-state index contributed by atoms with van der Waals surface area (Å²) in [6, 6.07) is 0. The van der Waals surface area contributed by atoms with E-state index in [4.69, 9.17) is 18.9 Å². The topological polar surface area (TPSA) is 135 Å². The molecule has 1 aliphatic heterocycles. The Morgan fingerprint density at radius 1 is 0.582 bits per heavy atom. The van der Waals surface area contributed by atoms with Crippen LogP contribution < -0.4 is 0 Å². The molecule has 0 radical (unpaired) electrons. The van der Waals surface area contributed by atoms with Crippen LogP contribution in [0.5, 0.6) is 0 Å². The molecule has 1 fully saturated rings. The normalized spacial score (nSPS) is 21.0. The van der Waals surface area contributed by atoms with Gasteiger partial charge in [0.2, 0.25) is 0 Å². The van der Waals surface area contributed by atoms with Crippen LogP contribution in [0.1, 0.15) is 187 Å². The van der Waals surface area contributed by atoms with Gasteiger partial charge in [-0.15, -0.1) is 0 Å². The van der Waals surface area contributed by atoms with Crippen molar-refractivity contribution < 1.29 is 44.2 Å². The fourth-order valence-corrected chi connectivity index (χ4v) is 6.69. The zero-order valence-electron chi connectivity index (χ0n) is 35.2. The van der Waals surface area contributed by atoms with Gasteiger partial charge in [0.1, 0.15) is 30.5 Å². The number of aliphatic hydroxyl groups is 4. The van der Waals surface area contributed by atoms with Crippen molar-refractivity contribution >= 4 is 5.97 Å². The van der Waals surface area contributed by atoms with E-state index in [1.165, 1.54) is 116 Å². The fourth-order valence-electron chi connectivity index (χ4n) is 6.69. The second kappa shape index (κ2) is 38.0. The van der Waals surface area contributed by atoms with Gasteiger partial charge in [-0.1, -0.05) is 147 Å². The molecule has 4 N–H and O–H groups in total. The SMILES string of the molecule is CCCCC/C=C\C/C=C\CCCCCCCCCCCCOCC(COC1OC(CO)C(O)C(O)C1O)OC(=O)CCCCCCC/C=C\CCCCC. The molecule has 1 rings (SSSR count). The van der Waals surface area contributed by atoms with Crippen LogP contribution in [0.25, 0.3) is 0 Å². The second-order valence-corrected chi connectivity index (χ2v) is 15.5. The van der Waals surface area contributed by atoms with Crippen LogP contribution in [0.4, 0.5) is 0 Å². The number of allylic oxidation sites excluding steroid dienone is 6. The first-order valence-corrected chi connectivity index (χ1v) is 22.6. The Labute approximate surface area is 336 Å². The van der Waals surface area contributed by atoms with Crippen molar-refractivity contribution in [2.24, 2.45) is 0 Å². The lowest BCUT2D eigenvalue weighted by atomic mass is 9.99. The molecule has 0 spiro atoms. The van der Waals surface area contributed by atoms with Gasteiger partial charge in [-0.05, 0) is 70.6 Å². The van der Waals surface area contributed by atoms with Gasteiger partial charge in [0.25, 0.3) is 0 Å². The van der Waals surface area contributed by atoms with E-state index < -0.39 is 43.4 Å². The van der Waals surface area contributed by atoms with Crippen molar-refractivity contribution in [2.75, 3.05) is 26.4 Å². The van der Waals surface area contributed by atoms with Gasteiger partial charge < -0.3 is 39.4 Å². The maximum Gasteiger partial charge on any atom is 0.306 e. The smallest absolute Gasteiger partial charge is 0.306 e. The zero-order chi connectivity index (χ0) is 40.0. The number of unbranched alkanes of at least 4 members (excludes halogenated alkanes) is 21. The van der Waals surface area contributed by atoms with Crippen LogP contribution in [-0.4, -0.2) is 89.6 Å². The van der Waals surface area contributed by atoms with Crippen molar-refractivity contribution in [1.29, 1.82) is 0 Å². The number of ether oxygens (including phenoxy) is 4. The van der Waals surface area contributed by atoms with E-state index in [-0.39, 0.29) is 19.2 Å². The Morgan fingerprint density at radius 2 is 1.05 bits per heavy atom. The molecule has 1 saturated heterocycles. The van der Waals surface area contributed by atoms with Crippen LogP contribution in [0.2, 0.25) is 0 Å². The predicted octanol–water partition coefficient (Wildman–Crippen LogP) is 9.97. The molecule has 0 aromatic heterocycles. The number of hydrogen-bond donors (Lipinski definition) is 4. The molecule has 0 bridgehead atoms. The van der Waals surface area contributed by atoms with Gasteiger partial charge in [0, 0.05) is 13.0 Å². The highest BCUT2D eigenvalue weighted by Crippen LogP contribution is 2.22. The first-order valence-electron chi connectivity index (χ1n) is 22.6. The first-order chi connectivity index (χ1) is 26.9. The molecule has 6 atom stereocenters. The summed E-state index contributed by atoms with van der Waals surface area (Å²) >= 11 is 0. The molecule has 9 heteroatoms. The monoisotopic (exact) mass is 781 g/mol. The summed E-state index contributed by atoms with van der Waals surface area (Å²) in [5.74, 6) is -0.325. The van der Waals surface area contributed by atoms with Crippen LogP contribution in [0, 0.1) is 0 Å². The molecule has 6 unspecified atom stereocenters. The van der Waals surface area contributed by atoms with E-state index in [0.29, 0.717) is 13.0 Å². The Bertz CT molecular complexity index is 936. The van der Waals surface area contributed by atoms with Crippen LogP contribution in [0.15, 0.2) is 36.5 Å². The summed E-state index contributed by atoms with van der Waals surface area (Å²) in [6.45, 7) is 4.50. The third kappa shape index (κ3) is 29.3. The van der Waals surface area contributed by atoms with Crippen LogP contribution in [0.3, 0.4) is 0 Å².